The second-order valence-corrected chi connectivity index (χ2v) is 8.61. The van der Waals surface area contributed by atoms with E-state index in [2.05, 4.69) is 23.9 Å². The summed E-state index contributed by atoms with van der Waals surface area (Å²) in [5, 5.41) is 3.29. The molecule has 1 aromatic heterocycles. The summed E-state index contributed by atoms with van der Waals surface area (Å²) >= 11 is 1.34. The zero-order chi connectivity index (χ0) is 14.0. The van der Waals surface area contributed by atoms with Gasteiger partial charge < -0.3 is 5.32 Å². The van der Waals surface area contributed by atoms with Gasteiger partial charge in [-0.1, -0.05) is 13.8 Å². The molecule has 1 saturated carbocycles. The molecule has 1 aromatic rings. The van der Waals surface area contributed by atoms with E-state index in [0.29, 0.717) is 16.2 Å². The molecule has 0 aromatic carbocycles. The van der Waals surface area contributed by atoms with Crippen molar-refractivity contribution in [2.24, 2.45) is 5.92 Å². The number of thiophene rings is 1. The Balaban J connectivity index is 1.99. The summed E-state index contributed by atoms with van der Waals surface area (Å²) < 4.78 is 27.6. The van der Waals surface area contributed by atoms with E-state index in [0.717, 1.165) is 24.3 Å². The van der Waals surface area contributed by atoms with E-state index in [1.807, 2.05) is 13.0 Å². The minimum atomic E-state index is -3.34. The maximum absolute atomic E-state index is 12.2. The van der Waals surface area contributed by atoms with Crippen LogP contribution in [0.15, 0.2) is 16.3 Å². The van der Waals surface area contributed by atoms with Gasteiger partial charge in [-0.15, -0.1) is 11.3 Å². The Morgan fingerprint density at radius 1 is 1.32 bits per heavy atom. The summed E-state index contributed by atoms with van der Waals surface area (Å²) in [5.74, 6) is 0.525. The molecule has 4 nitrogen and oxygen atoms in total. The Morgan fingerprint density at radius 3 is 2.58 bits per heavy atom. The van der Waals surface area contributed by atoms with Crippen molar-refractivity contribution in [2.45, 2.75) is 56.5 Å². The quantitative estimate of drug-likeness (QED) is 0.812. The highest BCUT2D eigenvalue weighted by Gasteiger charge is 2.31. The first-order chi connectivity index (χ1) is 8.88. The molecule has 1 aliphatic carbocycles. The fourth-order valence-electron chi connectivity index (χ4n) is 1.90. The van der Waals surface area contributed by atoms with Crippen LogP contribution >= 0.6 is 11.3 Å². The normalized spacial score (nSPS) is 17.9. The first-order valence-electron chi connectivity index (χ1n) is 6.73. The predicted octanol–water partition coefficient (Wildman–Crippen LogP) is 2.32. The van der Waals surface area contributed by atoms with Crippen molar-refractivity contribution < 1.29 is 8.42 Å². The number of nitrogens with one attached hydrogen (secondary N) is 2. The number of hydrogen-bond donors (Lipinski definition) is 2. The minimum absolute atomic E-state index is 0.0457. The Hall–Kier alpha value is -0.430. The Bertz CT molecular complexity index is 519. The van der Waals surface area contributed by atoms with E-state index < -0.39 is 10.0 Å². The lowest BCUT2D eigenvalue weighted by atomic mass is 10.2. The lowest BCUT2D eigenvalue weighted by molar-refractivity contribution is 0.539. The van der Waals surface area contributed by atoms with Crippen LogP contribution < -0.4 is 10.0 Å². The monoisotopic (exact) mass is 302 g/mol. The Morgan fingerprint density at radius 2 is 2.00 bits per heavy atom. The molecule has 0 bridgehead atoms. The van der Waals surface area contributed by atoms with E-state index in [-0.39, 0.29) is 6.04 Å². The smallest absolute Gasteiger partial charge is 0.250 e. The van der Waals surface area contributed by atoms with Crippen LogP contribution in [0.1, 0.15) is 38.5 Å². The number of rotatable bonds is 7. The van der Waals surface area contributed by atoms with Gasteiger partial charge in [0.05, 0.1) is 0 Å². The van der Waals surface area contributed by atoms with Crippen LogP contribution in [0.3, 0.4) is 0 Å². The molecule has 1 heterocycles. The van der Waals surface area contributed by atoms with Crippen molar-refractivity contribution in [3.8, 4) is 0 Å². The summed E-state index contributed by atoms with van der Waals surface area (Å²) in [6.07, 6.45) is 2.27. The molecule has 1 unspecified atom stereocenters. The molecule has 0 radical (unpaired) electrons. The van der Waals surface area contributed by atoms with Gasteiger partial charge in [0.25, 0.3) is 0 Å². The molecular weight excluding hydrogens is 280 g/mol. The molecule has 108 valence electrons. The third-order valence-corrected chi connectivity index (χ3v) is 6.39. The summed E-state index contributed by atoms with van der Waals surface area (Å²) in [7, 11) is -3.34. The van der Waals surface area contributed by atoms with E-state index in [1.165, 1.54) is 11.3 Å². The van der Waals surface area contributed by atoms with Gasteiger partial charge in [0.2, 0.25) is 10.0 Å². The highest BCUT2D eigenvalue weighted by molar-refractivity contribution is 7.91. The maximum atomic E-state index is 12.2. The molecule has 19 heavy (non-hydrogen) atoms. The van der Waals surface area contributed by atoms with Crippen molar-refractivity contribution in [1.29, 1.82) is 0 Å². The highest BCUT2D eigenvalue weighted by atomic mass is 32.2. The third-order valence-electron chi connectivity index (χ3n) is 3.26. The van der Waals surface area contributed by atoms with Gasteiger partial charge >= 0.3 is 0 Å². The molecule has 0 amide bonds. The summed E-state index contributed by atoms with van der Waals surface area (Å²) in [4.78, 5) is 1.05. The predicted molar refractivity (Wildman–Crippen MR) is 78.8 cm³/mol. The van der Waals surface area contributed by atoms with Crippen LogP contribution in [-0.4, -0.2) is 20.5 Å². The van der Waals surface area contributed by atoms with Gasteiger partial charge in [0.1, 0.15) is 4.21 Å². The molecule has 1 aliphatic rings. The second kappa shape index (κ2) is 5.91. The molecule has 0 aliphatic heterocycles. The largest absolute Gasteiger partial charge is 0.310 e. The molecule has 0 spiro atoms. The molecule has 2 N–H and O–H groups in total. The molecule has 1 atom stereocenters. The van der Waals surface area contributed by atoms with Crippen molar-refractivity contribution in [3.63, 3.8) is 0 Å². The molecule has 0 saturated heterocycles. The first-order valence-corrected chi connectivity index (χ1v) is 9.03. The topological polar surface area (TPSA) is 58.2 Å². The van der Waals surface area contributed by atoms with E-state index in [4.69, 9.17) is 0 Å². The van der Waals surface area contributed by atoms with Gasteiger partial charge in [-0.2, -0.15) is 0 Å². The number of hydrogen-bond acceptors (Lipinski definition) is 4. The minimum Gasteiger partial charge on any atom is -0.310 e. The van der Waals surface area contributed by atoms with Crippen molar-refractivity contribution in [2.75, 3.05) is 0 Å². The zero-order valence-corrected chi connectivity index (χ0v) is 13.3. The van der Waals surface area contributed by atoms with Gasteiger partial charge in [0.15, 0.2) is 0 Å². The van der Waals surface area contributed by atoms with Crippen LogP contribution in [0.4, 0.5) is 0 Å². The maximum Gasteiger partial charge on any atom is 0.250 e. The molecule has 2 rings (SSSR count). The van der Waals surface area contributed by atoms with Crippen molar-refractivity contribution in [3.05, 3.63) is 17.0 Å². The lowest BCUT2D eigenvalue weighted by Crippen LogP contribution is -2.33. The van der Waals surface area contributed by atoms with Crippen LogP contribution in [0.25, 0.3) is 0 Å². The van der Waals surface area contributed by atoms with E-state index >= 15 is 0 Å². The first kappa shape index (κ1) is 15.0. The average molecular weight is 302 g/mol. The van der Waals surface area contributed by atoms with Crippen molar-refractivity contribution in [1.82, 2.24) is 10.0 Å². The number of sulfonamides is 1. The van der Waals surface area contributed by atoms with Gasteiger partial charge in [-0.3, -0.25) is 0 Å². The second-order valence-electron chi connectivity index (χ2n) is 5.50. The van der Waals surface area contributed by atoms with E-state index in [9.17, 15) is 8.42 Å². The zero-order valence-electron chi connectivity index (χ0n) is 11.6. The fraction of sp³-hybridized carbons (Fsp3) is 0.692. The highest BCUT2D eigenvalue weighted by Crippen LogP contribution is 2.33. The third kappa shape index (κ3) is 4.27. The van der Waals surface area contributed by atoms with Gasteiger partial charge in [-0.05, 0) is 37.8 Å². The SMILES string of the molecule is CC(C)NCc1ccc(S(=O)(=O)NC(C)C2CC2)s1. The summed E-state index contributed by atoms with van der Waals surface area (Å²) in [6, 6.07) is 4.03. The Kier molecular flexibility index (Phi) is 4.66. The van der Waals surface area contributed by atoms with Gasteiger partial charge in [0, 0.05) is 23.5 Å². The Labute approximate surface area is 119 Å². The van der Waals surface area contributed by atoms with Crippen LogP contribution in [0, 0.1) is 5.92 Å². The fourth-order valence-corrected chi connectivity index (χ4v) is 4.53. The molecule has 1 fully saturated rings. The average Bonchev–Trinajstić information content (AvgIpc) is 3.04. The van der Waals surface area contributed by atoms with E-state index in [1.54, 1.807) is 6.07 Å². The van der Waals surface area contributed by atoms with Crippen LogP contribution in [0.5, 0.6) is 0 Å². The van der Waals surface area contributed by atoms with Crippen LogP contribution in [0.2, 0.25) is 0 Å². The summed E-state index contributed by atoms with van der Waals surface area (Å²) in [5.41, 5.74) is 0. The van der Waals surface area contributed by atoms with Crippen molar-refractivity contribution >= 4 is 21.4 Å². The standard InChI is InChI=1S/C13H22N2O2S2/c1-9(2)14-8-12-6-7-13(18-12)19(16,17)15-10(3)11-4-5-11/h6-7,9-11,14-15H,4-5,8H2,1-3H3. The van der Waals surface area contributed by atoms with Crippen LogP contribution in [-0.2, 0) is 16.6 Å². The lowest BCUT2D eigenvalue weighted by Gasteiger charge is -2.11. The molecule has 6 heteroatoms. The molecular formula is C13H22N2O2S2. The van der Waals surface area contributed by atoms with Gasteiger partial charge in [-0.25, -0.2) is 13.1 Å². The summed E-state index contributed by atoms with van der Waals surface area (Å²) in [6.45, 7) is 6.81.